The molecule has 0 atom stereocenters. The molecule has 0 saturated carbocycles. The number of benzene rings is 1. The van der Waals surface area contributed by atoms with Crippen LogP contribution in [0.3, 0.4) is 0 Å². The number of nitrogens with two attached hydrogens (primary N) is 1. The fourth-order valence-corrected chi connectivity index (χ4v) is 2.11. The monoisotopic (exact) mass is 332 g/mol. The molecule has 0 radical (unpaired) electrons. The average Bonchev–Trinajstić information content (AvgIpc) is 2.20. The summed E-state index contributed by atoms with van der Waals surface area (Å²) in [5.41, 5.74) is 7.65. The van der Waals surface area contributed by atoms with Crippen molar-refractivity contribution in [3.63, 3.8) is 0 Å². The van der Waals surface area contributed by atoms with Crippen LogP contribution < -0.4 is 11.1 Å². The van der Waals surface area contributed by atoms with Gasteiger partial charge in [-0.05, 0) is 40.8 Å². The fourth-order valence-electron chi connectivity index (χ4n) is 1.08. The molecule has 3 N–H and O–H groups in total. The average molecular weight is 332 g/mol. The fraction of sp³-hybridized carbons (Fsp3) is 0.273. The second kappa shape index (κ2) is 6.85. The van der Waals surface area contributed by atoms with Gasteiger partial charge in [-0.3, -0.25) is 0 Å². The molecule has 0 fully saturated rings. The van der Waals surface area contributed by atoms with E-state index in [2.05, 4.69) is 33.8 Å². The molecule has 0 heterocycles. The first kappa shape index (κ1) is 12.5. The Morgan fingerprint density at radius 1 is 1.53 bits per heavy atom. The number of anilines is 2. The van der Waals surface area contributed by atoms with E-state index in [1.807, 2.05) is 18.2 Å². The molecule has 2 nitrogen and oxygen atoms in total. The predicted octanol–water partition coefficient (Wildman–Crippen LogP) is 2.65. The summed E-state index contributed by atoms with van der Waals surface area (Å²) < 4.78 is 1.15. The zero-order chi connectivity index (χ0) is 11.1. The molecule has 1 rings (SSSR count). The molecule has 0 saturated heterocycles. The van der Waals surface area contributed by atoms with Crippen LogP contribution in [0, 0.1) is 15.9 Å². The smallest absolute Gasteiger partial charge is 0.0574 e. The Hall–Kier alpha value is -0.540. The SMILES string of the molecule is C#CCSCCNc1ccc(I)cc1N. The lowest BCUT2D eigenvalue weighted by molar-refractivity contribution is 1.23. The third-order valence-corrected chi connectivity index (χ3v) is 3.30. The summed E-state index contributed by atoms with van der Waals surface area (Å²) in [4.78, 5) is 0. The highest BCUT2D eigenvalue weighted by molar-refractivity contribution is 14.1. The van der Waals surface area contributed by atoms with Gasteiger partial charge in [-0.2, -0.15) is 0 Å². The van der Waals surface area contributed by atoms with Crippen LogP contribution in [0.4, 0.5) is 11.4 Å². The van der Waals surface area contributed by atoms with E-state index < -0.39 is 0 Å². The number of hydrogen-bond donors (Lipinski definition) is 2. The Balaban J connectivity index is 2.35. The maximum atomic E-state index is 5.86. The highest BCUT2D eigenvalue weighted by Crippen LogP contribution is 2.20. The summed E-state index contributed by atoms with van der Waals surface area (Å²) in [6, 6.07) is 5.99. The van der Waals surface area contributed by atoms with Gasteiger partial charge in [-0.15, -0.1) is 18.2 Å². The molecule has 4 heteroatoms. The minimum absolute atomic E-state index is 0.768. The molecule has 15 heavy (non-hydrogen) atoms. The largest absolute Gasteiger partial charge is 0.397 e. The minimum Gasteiger partial charge on any atom is -0.397 e. The highest BCUT2D eigenvalue weighted by atomic mass is 127. The molecule has 0 amide bonds. The van der Waals surface area contributed by atoms with Crippen LogP contribution in [0.2, 0.25) is 0 Å². The Morgan fingerprint density at radius 2 is 2.33 bits per heavy atom. The molecule has 1 aromatic carbocycles. The zero-order valence-corrected chi connectivity index (χ0v) is 11.3. The maximum absolute atomic E-state index is 5.86. The van der Waals surface area contributed by atoms with Crippen molar-refractivity contribution in [3.8, 4) is 12.3 Å². The molecule has 0 unspecified atom stereocenters. The van der Waals surface area contributed by atoms with Crippen LogP contribution in [-0.4, -0.2) is 18.1 Å². The lowest BCUT2D eigenvalue weighted by Crippen LogP contribution is -2.06. The summed E-state index contributed by atoms with van der Waals surface area (Å²) >= 11 is 3.98. The number of halogens is 1. The summed E-state index contributed by atoms with van der Waals surface area (Å²) in [5.74, 6) is 4.36. The van der Waals surface area contributed by atoms with Gasteiger partial charge in [-0.25, -0.2) is 0 Å². The molecule has 0 aliphatic rings. The Labute approximate surface area is 109 Å². The van der Waals surface area contributed by atoms with Gasteiger partial charge in [0.15, 0.2) is 0 Å². The topological polar surface area (TPSA) is 38.0 Å². The standard InChI is InChI=1S/C11H13IN2S/c1-2-6-15-7-5-14-11-4-3-9(12)8-10(11)13/h1,3-4,8,14H,5-7,13H2. The highest BCUT2D eigenvalue weighted by Gasteiger charge is 1.98. The van der Waals surface area contributed by atoms with Crippen molar-refractivity contribution in [2.75, 3.05) is 29.1 Å². The number of thioether (sulfide) groups is 1. The number of terminal acetylenes is 1. The lowest BCUT2D eigenvalue weighted by Gasteiger charge is -2.08. The van der Waals surface area contributed by atoms with E-state index in [4.69, 9.17) is 12.2 Å². The molecule has 0 bridgehead atoms. The third kappa shape index (κ3) is 4.67. The first-order valence-electron chi connectivity index (χ1n) is 4.54. The van der Waals surface area contributed by atoms with Gasteiger partial charge in [0.25, 0.3) is 0 Å². The molecule has 0 aliphatic heterocycles. The van der Waals surface area contributed by atoms with Crippen molar-refractivity contribution in [1.82, 2.24) is 0 Å². The summed E-state index contributed by atoms with van der Waals surface area (Å²) in [5, 5.41) is 3.28. The lowest BCUT2D eigenvalue weighted by atomic mass is 10.3. The van der Waals surface area contributed by atoms with Gasteiger partial charge in [0, 0.05) is 15.9 Å². The van der Waals surface area contributed by atoms with Crippen LogP contribution in [0.1, 0.15) is 0 Å². The predicted molar refractivity (Wildman–Crippen MR) is 78.2 cm³/mol. The van der Waals surface area contributed by atoms with Gasteiger partial charge < -0.3 is 11.1 Å². The molecule has 0 aromatic heterocycles. The first-order chi connectivity index (χ1) is 7.24. The summed E-state index contributed by atoms with van der Waals surface area (Å²) in [6.45, 7) is 0.886. The van der Waals surface area contributed by atoms with Gasteiger partial charge >= 0.3 is 0 Å². The molecule has 0 spiro atoms. The molecule has 0 aliphatic carbocycles. The van der Waals surface area contributed by atoms with Crippen LogP contribution in [0.5, 0.6) is 0 Å². The molecule has 80 valence electrons. The number of nitrogen functional groups attached to an aromatic ring is 1. The van der Waals surface area contributed by atoms with E-state index in [1.165, 1.54) is 0 Å². The molecular weight excluding hydrogens is 319 g/mol. The normalized spacial score (nSPS) is 9.60. The summed E-state index contributed by atoms with van der Waals surface area (Å²) in [7, 11) is 0. The second-order valence-corrected chi connectivity index (χ2v) is 5.27. The third-order valence-electron chi connectivity index (χ3n) is 1.76. The van der Waals surface area contributed by atoms with Gasteiger partial charge in [0.2, 0.25) is 0 Å². The van der Waals surface area contributed by atoms with Crippen LogP contribution >= 0.6 is 34.4 Å². The summed E-state index contributed by atoms with van der Waals surface area (Å²) in [6.07, 6.45) is 5.15. The van der Waals surface area contributed by atoms with Crippen molar-refractivity contribution in [2.24, 2.45) is 0 Å². The van der Waals surface area contributed by atoms with Gasteiger partial charge in [-0.1, -0.05) is 5.92 Å². The zero-order valence-electron chi connectivity index (χ0n) is 8.29. The number of hydrogen-bond acceptors (Lipinski definition) is 3. The van der Waals surface area contributed by atoms with E-state index in [0.717, 1.165) is 33.0 Å². The number of nitrogens with one attached hydrogen (secondary N) is 1. The Bertz CT molecular complexity index is 360. The van der Waals surface area contributed by atoms with Gasteiger partial charge in [0.1, 0.15) is 0 Å². The van der Waals surface area contributed by atoms with Crippen LogP contribution in [0.25, 0.3) is 0 Å². The van der Waals surface area contributed by atoms with Crippen molar-refractivity contribution >= 4 is 45.7 Å². The maximum Gasteiger partial charge on any atom is 0.0574 e. The molecule has 1 aromatic rings. The van der Waals surface area contributed by atoms with Crippen molar-refractivity contribution in [3.05, 3.63) is 21.8 Å². The van der Waals surface area contributed by atoms with E-state index in [1.54, 1.807) is 11.8 Å². The van der Waals surface area contributed by atoms with Crippen molar-refractivity contribution in [1.29, 1.82) is 0 Å². The van der Waals surface area contributed by atoms with E-state index in [0.29, 0.717) is 0 Å². The van der Waals surface area contributed by atoms with Crippen LogP contribution in [0.15, 0.2) is 18.2 Å². The van der Waals surface area contributed by atoms with Crippen molar-refractivity contribution < 1.29 is 0 Å². The van der Waals surface area contributed by atoms with E-state index in [9.17, 15) is 0 Å². The minimum atomic E-state index is 0.768. The second-order valence-electron chi connectivity index (χ2n) is 2.92. The molecular formula is C11H13IN2S. The van der Waals surface area contributed by atoms with E-state index >= 15 is 0 Å². The number of rotatable bonds is 5. The van der Waals surface area contributed by atoms with Crippen LogP contribution in [-0.2, 0) is 0 Å². The quantitative estimate of drug-likeness (QED) is 0.377. The van der Waals surface area contributed by atoms with Gasteiger partial charge in [0.05, 0.1) is 17.1 Å². The van der Waals surface area contributed by atoms with Crippen molar-refractivity contribution in [2.45, 2.75) is 0 Å². The Morgan fingerprint density at radius 3 is 3.00 bits per heavy atom. The van der Waals surface area contributed by atoms with E-state index in [-0.39, 0.29) is 0 Å². The Kier molecular flexibility index (Phi) is 5.73. The first-order valence-corrected chi connectivity index (χ1v) is 6.77.